The number of ether oxygens (including phenoxy) is 1. The lowest BCUT2D eigenvalue weighted by molar-refractivity contribution is -0.134. The van der Waals surface area contributed by atoms with Crippen molar-refractivity contribution >= 4 is 28.9 Å². The van der Waals surface area contributed by atoms with Crippen molar-refractivity contribution in [1.82, 2.24) is 19.9 Å². The molecular formula is C25H32N6O3S. The summed E-state index contributed by atoms with van der Waals surface area (Å²) in [6.07, 6.45) is 4.79. The van der Waals surface area contributed by atoms with E-state index >= 15 is 0 Å². The number of carbonyl (C=O) groups is 1. The summed E-state index contributed by atoms with van der Waals surface area (Å²) in [5.41, 5.74) is 6.41. The molecule has 3 aromatic rings. The number of aliphatic hydroxyl groups is 1. The molecule has 0 radical (unpaired) electrons. The Balaban J connectivity index is 1.57. The van der Waals surface area contributed by atoms with E-state index in [-0.39, 0.29) is 17.9 Å². The van der Waals surface area contributed by atoms with Gasteiger partial charge in [0, 0.05) is 35.8 Å². The predicted octanol–water partition coefficient (Wildman–Crippen LogP) is 4.33. The minimum atomic E-state index is -1.10. The molecular weight excluding hydrogens is 464 g/mol. The van der Waals surface area contributed by atoms with Crippen LogP contribution in [0.4, 0.5) is 11.6 Å². The van der Waals surface area contributed by atoms with E-state index in [0.29, 0.717) is 36.1 Å². The Morgan fingerprint density at radius 3 is 2.74 bits per heavy atom. The highest BCUT2D eigenvalue weighted by Gasteiger charge is 2.48. The molecule has 1 saturated carbocycles. The molecule has 1 aliphatic carbocycles. The second-order valence-electron chi connectivity index (χ2n) is 10.1. The van der Waals surface area contributed by atoms with Crippen molar-refractivity contribution in [2.24, 2.45) is 17.1 Å². The van der Waals surface area contributed by atoms with E-state index in [1.807, 2.05) is 46.8 Å². The van der Waals surface area contributed by atoms with Crippen molar-refractivity contribution in [3.05, 3.63) is 41.3 Å². The van der Waals surface area contributed by atoms with Crippen molar-refractivity contribution in [3.63, 3.8) is 0 Å². The maximum Gasteiger partial charge on any atom is 0.230 e. The predicted molar refractivity (Wildman–Crippen MR) is 135 cm³/mol. The summed E-state index contributed by atoms with van der Waals surface area (Å²) in [6, 6.07) is 5.53. The van der Waals surface area contributed by atoms with Crippen LogP contribution in [0.2, 0.25) is 0 Å². The lowest BCUT2D eigenvalue weighted by Crippen LogP contribution is -2.46. The Kier molecular flexibility index (Phi) is 6.79. The molecule has 35 heavy (non-hydrogen) atoms. The van der Waals surface area contributed by atoms with E-state index in [1.54, 1.807) is 18.5 Å². The van der Waals surface area contributed by atoms with Crippen LogP contribution in [0.15, 0.2) is 30.6 Å². The van der Waals surface area contributed by atoms with E-state index in [2.05, 4.69) is 25.3 Å². The molecule has 0 saturated heterocycles. The van der Waals surface area contributed by atoms with Crippen LogP contribution in [0.3, 0.4) is 0 Å². The van der Waals surface area contributed by atoms with E-state index in [1.165, 1.54) is 11.3 Å². The van der Waals surface area contributed by atoms with E-state index in [0.717, 1.165) is 22.0 Å². The highest BCUT2D eigenvalue weighted by atomic mass is 32.1. The molecule has 3 aromatic heterocycles. The second-order valence-corrected chi connectivity index (χ2v) is 11.1. The van der Waals surface area contributed by atoms with Crippen molar-refractivity contribution < 1.29 is 14.6 Å². The second kappa shape index (κ2) is 9.50. The van der Waals surface area contributed by atoms with Gasteiger partial charge >= 0.3 is 0 Å². The number of nitrogens with one attached hydrogen (secondary N) is 1. The highest BCUT2D eigenvalue weighted by Crippen LogP contribution is 2.50. The van der Waals surface area contributed by atoms with E-state index in [9.17, 15) is 9.90 Å². The van der Waals surface area contributed by atoms with Gasteiger partial charge in [-0.2, -0.15) is 4.98 Å². The minimum Gasteiger partial charge on any atom is -0.475 e. The van der Waals surface area contributed by atoms with Crippen molar-refractivity contribution in [1.29, 1.82) is 0 Å². The Morgan fingerprint density at radius 1 is 1.29 bits per heavy atom. The maximum absolute atomic E-state index is 11.9. The number of rotatable bonds is 7. The number of aryl methyl sites for hydroxylation is 1. The van der Waals surface area contributed by atoms with Crippen LogP contribution in [0.1, 0.15) is 57.7 Å². The van der Waals surface area contributed by atoms with Gasteiger partial charge in [-0.1, -0.05) is 13.8 Å². The third-order valence-electron chi connectivity index (χ3n) is 6.23. The van der Waals surface area contributed by atoms with Gasteiger partial charge in [-0.25, -0.2) is 9.97 Å². The summed E-state index contributed by atoms with van der Waals surface area (Å²) in [5.74, 6) is 0.345. The first kappa shape index (κ1) is 25.0. The first-order valence-electron chi connectivity index (χ1n) is 11.7. The minimum absolute atomic E-state index is 0.0132. The quantitative estimate of drug-likeness (QED) is 0.440. The first-order valence-corrected chi connectivity index (χ1v) is 12.5. The Bertz CT molecular complexity index is 1230. The van der Waals surface area contributed by atoms with Crippen LogP contribution < -0.4 is 15.8 Å². The van der Waals surface area contributed by atoms with Gasteiger partial charge in [0.2, 0.25) is 17.7 Å². The van der Waals surface area contributed by atoms with E-state index in [4.69, 9.17) is 10.5 Å². The molecule has 10 heteroatoms. The van der Waals surface area contributed by atoms with Crippen molar-refractivity contribution in [2.75, 3.05) is 5.32 Å². The number of anilines is 2. The summed E-state index contributed by atoms with van der Waals surface area (Å²) in [6.45, 7) is 9.75. The van der Waals surface area contributed by atoms with Crippen LogP contribution in [-0.2, 0) is 10.4 Å². The summed E-state index contributed by atoms with van der Waals surface area (Å²) in [7, 11) is 0. The number of nitrogens with two attached hydrogens (primary N) is 1. The van der Waals surface area contributed by atoms with Crippen molar-refractivity contribution in [2.45, 2.75) is 65.6 Å². The highest BCUT2D eigenvalue weighted by molar-refractivity contribution is 7.15. The molecule has 0 spiro atoms. The lowest BCUT2D eigenvalue weighted by atomic mass is 9.63. The molecule has 1 fully saturated rings. The Labute approximate surface area is 209 Å². The number of nitrogens with zero attached hydrogens (tertiary/aromatic N) is 4. The summed E-state index contributed by atoms with van der Waals surface area (Å²) in [4.78, 5) is 30.6. The summed E-state index contributed by atoms with van der Waals surface area (Å²) >= 11 is 1.42. The smallest absolute Gasteiger partial charge is 0.230 e. The van der Waals surface area contributed by atoms with Gasteiger partial charge < -0.3 is 20.9 Å². The van der Waals surface area contributed by atoms with Crippen LogP contribution in [-0.4, -0.2) is 37.1 Å². The Hall–Kier alpha value is -3.11. The SMILES string of the molecule is Cc1cc(Nc2nccc(OC(C)C)n2)cc(-c2cnc(C3(O)CCC(C(N)=O)C(C)(C)C3)s2)n1. The average Bonchev–Trinajstić information content (AvgIpc) is 3.23. The normalized spacial score (nSPS) is 21.6. The van der Waals surface area contributed by atoms with Gasteiger partial charge in [0.05, 0.1) is 16.7 Å². The zero-order valence-corrected chi connectivity index (χ0v) is 21.5. The first-order chi connectivity index (χ1) is 16.4. The number of primary amides is 1. The zero-order valence-electron chi connectivity index (χ0n) is 20.7. The monoisotopic (exact) mass is 496 g/mol. The fourth-order valence-corrected chi connectivity index (χ4v) is 5.75. The van der Waals surface area contributed by atoms with Crippen LogP contribution >= 0.6 is 11.3 Å². The Morgan fingerprint density at radius 2 is 2.06 bits per heavy atom. The van der Waals surface area contributed by atoms with Crippen molar-refractivity contribution in [3.8, 4) is 16.5 Å². The standard InChI is InChI=1S/C25H32N6O3S/c1-14(2)34-20-7-9-27-23(31-20)30-16-10-15(3)29-18(11-16)19-12-28-22(35-19)25(33)8-6-17(21(26)32)24(4,5)13-25/h7,9-12,14,17,33H,6,8,13H2,1-5H3,(H2,26,32)(H,27,29,30,31). The molecule has 9 nitrogen and oxygen atoms in total. The fraction of sp³-hybridized carbons (Fsp3) is 0.480. The number of thiazole rings is 1. The number of aromatic nitrogens is 4. The molecule has 0 bridgehead atoms. The largest absolute Gasteiger partial charge is 0.475 e. The van der Waals surface area contributed by atoms with Gasteiger partial charge in [0.1, 0.15) is 10.6 Å². The molecule has 4 N–H and O–H groups in total. The van der Waals surface area contributed by atoms with Crippen LogP contribution in [0.5, 0.6) is 5.88 Å². The molecule has 2 atom stereocenters. The zero-order chi connectivity index (χ0) is 25.4. The third-order valence-corrected chi connectivity index (χ3v) is 7.45. The molecule has 3 heterocycles. The van der Waals surface area contributed by atoms with Gasteiger partial charge in [-0.05, 0) is 57.6 Å². The molecule has 2 unspecified atom stereocenters. The van der Waals surface area contributed by atoms with E-state index < -0.39 is 11.0 Å². The molecule has 0 aromatic carbocycles. The summed E-state index contributed by atoms with van der Waals surface area (Å²) < 4.78 is 5.65. The van der Waals surface area contributed by atoms with Crippen LogP contribution in [0, 0.1) is 18.3 Å². The van der Waals surface area contributed by atoms with Gasteiger partial charge in [-0.3, -0.25) is 9.78 Å². The molecule has 1 amide bonds. The van der Waals surface area contributed by atoms with Crippen LogP contribution in [0.25, 0.3) is 10.6 Å². The molecule has 4 rings (SSSR count). The topological polar surface area (TPSA) is 136 Å². The number of hydrogen-bond acceptors (Lipinski definition) is 9. The molecule has 1 aliphatic rings. The number of amides is 1. The molecule has 0 aliphatic heterocycles. The third kappa shape index (κ3) is 5.59. The number of carbonyl (C=O) groups excluding carboxylic acids is 1. The van der Waals surface area contributed by atoms with Gasteiger partial charge in [-0.15, -0.1) is 11.3 Å². The lowest BCUT2D eigenvalue weighted by Gasteiger charge is -2.44. The number of hydrogen-bond donors (Lipinski definition) is 3. The molecule has 186 valence electrons. The van der Waals surface area contributed by atoms with Gasteiger partial charge in [0.15, 0.2) is 0 Å². The fourth-order valence-electron chi connectivity index (χ4n) is 4.76. The number of pyridine rings is 1. The average molecular weight is 497 g/mol. The summed E-state index contributed by atoms with van der Waals surface area (Å²) in [5, 5.41) is 15.3. The van der Waals surface area contributed by atoms with Gasteiger partial charge in [0.25, 0.3) is 0 Å². The maximum atomic E-state index is 11.9.